The molecule has 0 radical (unpaired) electrons. The molecule has 0 unspecified atom stereocenters. The maximum absolute atomic E-state index is 12.8. The molecular weight excluding hydrogens is 287 g/mol. The van der Waals surface area contributed by atoms with E-state index in [1.54, 1.807) is 6.07 Å². The fourth-order valence-electron chi connectivity index (χ4n) is 1.53. The van der Waals surface area contributed by atoms with Gasteiger partial charge < -0.3 is 15.3 Å². The fraction of sp³-hybridized carbons (Fsp3) is 0.385. The van der Waals surface area contributed by atoms with Crippen LogP contribution in [0, 0.1) is 5.82 Å². The van der Waals surface area contributed by atoms with Crippen molar-refractivity contribution in [2.75, 3.05) is 20.1 Å². The summed E-state index contributed by atoms with van der Waals surface area (Å²) in [7, 11) is 1.52. The van der Waals surface area contributed by atoms with Gasteiger partial charge in [-0.3, -0.25) is 4.79 Å². The Morgan fingerprint density at radius 2 is 2.15 bits per heavy atom. The molecule has 2 N–H and O–H groups in total. The van der Waals surface area contributed by atoms with E-state index in [9.17, 15) is 14.0 Å². The minimum absolute atomic E-state index is 0.103. The summed E-state index contributed by atoms with van der Waals surface area (Å²) >= 11 is 5.86. The number of urea groups is 1. The van der Waals surface area contributed by atoms with Gasteiger partial charge in [-0.2, -0.15) is 0 Å². The topological polar surface area (TPSA) is 69.6 Å². The Bertz CT molecular complexity index is 497. The average molecular weight is 303 g/mol. The SMILES string of the molecule is CN(CCC(=O)O)C(=O)NCCc1ccc(F)cc1Cl. The fourth-order valence-corrected chi connectivity index (χ4v) is 1.79. The third kappa shape index (κ3) is 5.44. The Morgan fingerprint density at radius 1 is 1.45 bits per heavy atom. The number of carbonyl (C=O) groups is 2. The van der Waals surface area contributed by atoms with Crippen LogP contribution in [-0.4, -0.2) is 42.1 Å². The molecule has 0 spiro atoms. The van der Waals surface area contributed by atoms with Crippen LogP contribution in [0.15, 0.2) is 18.2 Å². The lowest BCUT2D eigenvalue weighted by atomic mass is 10.1. The van der Waals surface area contributed by atoms with Gasteiger partial charge in [-0.05, 0) is 24.1 Å². The maximum atomic E-state index is 12.8. The van der Waals surface area contributed by atoms with Crippen LogP contribution >= 0.6 is 11.6 Å². The largest absolute Gasteiger partial charge is 0.481 e. The number of aliphatic carboxylic acids is 1. The van der Waals surface area contributed by atoms with Crippen molar-refractivity contribution in [3.8, 4) is 0 Å². The van der Waals surface area contributed by atoms with Gasteiger partial charge in [-0.1, -0.05) is 17.7 Å². The van der Waals surface area contributed by atoms with Crippen LogP contribution in [-0.2, 0) is 11.2 Å². The molecule has 110 valence electrons. The van der Waals surface area contributed by atoms with Crippen molar-refractivity contribution in [3.63, 3.8) is 0 Å². The number of halogens is 2. The molecule has 0 fully saturated rings. The van der Waals surface area contributed by atoms with Crippen molar-refractivity contribution in [1.29, 1.82) is 0 Å². The first-order valence-corrected chi connectivity index (χ1v) is 6.42. The Morgan fingerprint density at radius 3 is 2.75 bits per heavy atom. The first-order chi connectivity index (χ1) is 9.40. The number of rotatable bonds is 6. The molecule has 0 saturated heterocycles. The van der Waals surface area contributed by atoms with Gasteiger partial charge in [0.2, 0.25) is 0 Å². The van der Waals surface area contributed by atoms with E-state index in [1.165, 1.54) is 24.1 Å². The standard InChI is InChI=1S/C13H16ClFN2O3/c1-17(7-5-12(18)19)13(20)16-6-4-9-2-3-10(15)8-11(9)14/h2-3,8H,4-7H2,1H3,(H,16,20)(H,18,19). The minimum Gasteiger partial charge on any atom is -0.481 e. The van der Waals surface area contributed by atoms with E-state index in [0.717, 1.165) is 5.56 Å². The van der Waals surface area contributed by atoms with E-state index in [2.05, 4.69) is 5.32 Å². The zero-order valence-electron chi connectivity index (χ0n) is 11.0. The normalized spacial score (nSPS) is 10.2. The van der Waals surface area contributed by atoms with Gasteiger partial charge in [0.05, 0.1) is 6.42 Å². The number of hydrogen-bond donors (Lipinski definition) is 2. The summed E-state index contributed by atoms with van der Waals surface area (Å²) in [4.78, 5) is 23.3. The monoisotopic (exact) mass is 302 g/mol. The molecule has 0 heterocycles. The second-order valence-corrected chi connectivity index (χ2v) is 4.69. The van der Waals surface area contributed by atoms with Crippen molar-refractivity contribution in [1.82, 2.24) is 10.2 Å². The molecule has 0 bridgehead atoms. The number of hydrogen-bond acceptors (Lipinski definition) is 2. The molecule has 5 nitrogen and oxygen atoms in total. The van der Waals surface area contributed by atoms with Crippen LogP contribution < -0.4 is 5.32 Å². The number of benzene rings is 1. The summed E-state index contributed by atoms with van der Waals surface area (Å²) in [5.41, 5.74) is 0.738. The second kappa shape index (κ2) is 7.69. The third-order valence-corrected chi connectivity index (χ3v) is 3.05. The van der Waals surface area contributed by atoms with Crippen LogP contribution in [0.5, 0.6) is 0 Å². The molecule has 7 heteroatoms. The van der Waals surface area contributed by atoms with Gasteiger partial charge in [0.1, 0.15) is 5.82 Å². The Kier molecular flexibility index (Phi) is 6.24. The summed E-state index contributed by atoms with van der Waals surface area (Å²) in [5, 5.41) is 11.5. The molecule has 20 heavy (non-hydrogen) atoms. The van der Waals surface area contributed by atoms with Crippen LogP contribution in [0.4, 0.5) is 9.18 Å². The zero-order chi connectivity index (χ0) is 15.1. The summed E-state index contributed by atoms with van der Waals surface area (Å²) in [6, 6.07) is 3.74. The van der Waals surface area contributed by atoms with Crippen LogP contribution in [0.3, 0.4) is 0 Å². The van der Waals surface area contributed by atoms with E-state index in [0.29, 0.717) is 18.0 Å². The van der Waals surface area contributed by atoms with Gasteiger partial charge in [-0.25, -0.2) is 9.18 Å². The number of carboxylic acids is 1. The lowest BCUT2D eigenvalue weighted by molar-refractivity contribution is -0.137. The van der Waals surface area contributed by atoms with E-state index in [-0.39, 0.29) is 19.0 Å². The number of nitrogens with zero attached hydrogens (tertiary/aromatic N) is 1. The number of nitrogens with one attached hydrogen (secondary N) is 1. The summed E-state index contributed by atoms with van der Waals surface area (Å²) in [5.74, 6) is -1.36. The van der Waals surface area contributed by atoms with Crippen molar-refractivity contribution in [2.45, 2.75) is 12.8 Å². The minimum atomic E-state index is -0.956. The molecule has 0 aromatic heterocycles. The zero-order valence-corrected chi connectivity index (χ0v) is 11.8. The highest BCUT2D eigenvalue weighted by Gasteiger charge is 2.09. The predicted molar refractivity (Wildman–Crippen MR) is 73.4 cm³/mol. The highest BCUT2D eigenvalue weighted by atomic mass is 35.5. The second-order valence-electron chi connectivity index (χ2n) is 4.28. The van der Waals surface area contributed by atoms with E-state index in [1.807, 2.05) is 0 Å². The van der Waals surface area contributed by atoms with Gasteiger partial charge in [0, 0.05) is 25.2 Å². The molecule has 0 aliphatic heterocycles. The number of carbonyl (C=O) groups excluding carboxylic acids is 1. The van der Waals surface area contributed by atoms with Crippen molar-refractivity contribution in [2.24, 2.45) is 0 Å². The van der Waals surface area contributed by atoms with Crippen molar-refractivity contribution in [3.05, 3.63) is 34.6 Å². The Labute approximate surface area is 121 Å². The summed E-state index contributed by atoms with van der Waals surface area (Å²) in [6.45, 7) is 0.472. The highest BCUT2D eigenvalue weighted by molar-refractivity contribution is 6.31. The Hall–Kier alpha value is -1.82. The molecule has 2 amide bonds. The smallest absolute Gasteiger partial charge is 0.317 e. The van der Waals surface area contributed by atoms with Crippen LogP contribution in [0.2, 0.25) is 5.02 Å². The summed E-state index contributed by atoms with van der Waals surface area (Å²) < 4.78 is 12.8. The molecule has 0 aliphatic carbocycles. The van der Waals surface area contributed by atoms with Gasteiger partial charge in [-0.15, -0.1) is 0 Å². The van der Waals surface area contributed by atoms with E-state index >= 15 is 0 Å². The Balaban J connectivity index is 2.36. The third-order valence-electron chi connectivity index (χ3n) is 2.69. The summed E-state index contributed by atoms with van der Waals surface area (Å²) in [6.07, 6.45) is 0.366. The maximum Gasteiger partial charge on any atom is 0.317 e. The molecule has 0 aliphatic rings. The molecule has 0 atom stereocenters. The average Bonchev–Trinajstić information content (AvgIpc) is 2.38. The molecule has 1 aromatic carbocycles. The van der Waals surface area contributed by atoms with Crippen molar-refractivity contribution >= 4 is 23.6 Å². The molecule has 1 rings (SSSR count). The molecular formula is C13H16ClFN2O3. The van der Waals surface area contributed by atoms with Gasteiger partial charge in [0.25, 0.3) is 0 Å². The first kappa shape index (κ1) is 16.2. The predicted octanol–water partition coefficient (Wildman–Crippen LogP) is 2.14. The van der Waals surface area contributed by atoms with E-state index in [4.69, 9.17) is 16.7 Å². The molecule has 1 aromatic rings. The van der Waals surface area contributed by atoms with Crippen molar-refractivity contribution < 1.29 is 19.1 Å². The number of carboxylic acid groups (broad SMARTS) is 1. The highest BCUT2D eigenvalue weighted by Crippen LogP contribution is 2.17. The van der Waals surface area contributed by atoms with Gasteiger partial charge in [0.15, 0.2) is 0 Å². The number of amides is 2. The first-order valence-electron chi connectivity index (χ1n) is 6.05. The lowest BCUT2D eigenvalue weighted by Crippen LogP contribution is -2.39. The van der Waals surface area contributed by atoms with E-state index < -0.39 is 11.8 Å². The van der Waals surface area contributed by atoms with Crippen LogP contribution in [0.25, 0.3) is 0 Å². The quantitative estimate of drug-likeness (QED) is 0.846. The van der Waals surface area contributed by atoms with Crippen LogP contribution in [0.1, 0.15) is 12.0 Å². The lowest BCUT2D eigenvalue weighted by Gasteiger charge is -2.17. The van der Waals surface area contributed by atoms with Gasteiger partial charge >= 0.3 is 12.0 Å². The molecule has 0 saturated carbocycles.